The highest BCUT2D eigenvalue weighted by Crippen LogP contribution is 2.02. The summed E-state index contributed by atoms with van der Waals surface area (Å²) in [4.78, 5) is 0. The number of hydrogen-bond donors (Lipinski definition) is 2. The molecule has 3 N–H and O–H groups in total. The minimum atomic E-state index is -1.52. The SMILES string of the molecule is CCC[C@H](NCCN)[SiH](OC)OC. The van der Waals surface area contributed by atoms with E-state index in [9.17, 15) is 0 Å². The highest BCUT2D eigenvalue weighted by atomic mass is 28.3. The minimum Gasteiger partial charge on any atom is -0.399 e. The van der Waals surface area contributed by atoms with E-state index in [1.54, 1.807) is 14.2 Å². The Hall–Kier alpha value is 0.0569. The van der Waals surface area contributed by atoms with Crippen LogP contribution in [0.25, 0.3) is 0 Å². The molecule has 0 fully saturated rings. The van der Waals surface area contributed by atoms with E-state index in [0.717, 1.165) is 19.4 Å². The zero-order valence-corrected chi connectivity index (χ0v) is 10.0. The summed E-state index contributed by atoms with van der Waals surface area (Å²) >= 11 is 0. The highest BCUT2D eigenvalue weighted by Gasteiger charge is 2.22. The molecule has 13 heavy (non-hydrogen) atoms. The van der Waals surface area contributed by atoms with Gasteiger partial charge in [-0.2, -0.15) is 0 Å². The van der Waals surface area contributed by atoms with Crippen molar-refractivity contribution in [3.8, 4) is 0 Å². The zero-order valence-electron chi connectivity index (χ0n) is 8.88. The van der Waals surface area contributed by atoms with E-state index in [4.69, 9.17) is 14.6 Å². The maximum atomic E-state index is 5.43. The van der Waals surface area contributed by atoms with Crippen LogP contribution in [0.1, 0.15) is 19.8 Å². The van der Waals surface area contributed by atoms with Crippen LogP contribution in [0.4, 0.5) is 0 Å². The van der Waals surface area contributed by atoms with Gasteiger partial charge >= 0.3 is 9.28 Å². The van der Waals surface area contributed by atoms with Crippen LogP contribution in [0.3, 0.4) is 0 Å². The van der Waals surface area contributed by atoms with Crippen LogP contribution >= 0.6 is 0 Å². The molecule has 0 amide bonds. The fraction of sp³-hybridized carbons (Fsp3) is 1.00. The molecule has 0 aromatic heterocycles. The minimum absolute atomic E-state index is 0.378. The Morgan fingerprint density at radius 3 is 2.38 bits per heavy atom. The van der Waals surface area contributed by atoms with Crippen molar-refractivity contribution in [1.82, 2.24) is 5.32 Å². The summed E-state index contributed by atoms with van der Waals surface area (Å²) in [5, 5.41) is 3.36. The lowest BCUT2D eigenvalue weighted by Gasteiger charge is -2.23. The predicted molar refractivity (Wildman–Crippen MR) is 56.9 cm³/mol. The van der Waals surface area contributed by atoms with Crippen molar-refractivity contribution in [1.29, 1.82) is 0 Å². The zero-order chi connectivity index (χ0) is 10.1. The third-order valence-electron chi connectivity index (χ3n) is 1.94. The van der Waals surface area contributed by atoms with E-state index in [2.05, 4.69) is 12.2 Å². The fourth-order valence-electron chi connectivity index (χ4n) is 1.34. The Balaban J connectivity index is 3.88. The Labute approximate surface area is 82.6 Å². The van der Waals surface area contributed by atoms with E-state index in [1.807, 2.05) is 0 Å². The first-order valence-corrected chi connectivity index (χ1v) is 6.40. The average Bonchev–Trinajstić information content (AvgIpc) is 2.16. The normalized spacial score (nSPS) is 13.6. The quantitative estimate of drug-likeness (QED) is 0.538. The van der Waals surface area contributed by atoms with Gasteiger partial charge in [-0.1, -0.05) is 13.3 Å². The number of hydrogen-bond acceptors (Lipinski definition) is 4. The molecule has 0 aliphatic heterocycles. The third-order valence-corrected chi connectivity index (χ3v) is 4.10. The van der Waals surface area contributed by atoms with Gasteiger partial charge in [-0.3, -0.25) is 0 Å². The Morgan fingerprint density at radius 2 is 2.00 bits per heavy atom. The molecular weight excluding hydrogens is 184 g/mol. The molecule has 0 rings (SSSR count). The molecule has 0 aromatic rings. The molecule has 0 spiro atoms. The molecule has 0 saturated carbocycles. The molecule has 0 aliphatic rings. The van der Waals surface area contributed by atoms with Crippen molar-refractivity contribution in [3.05, 3.63) is 0 Å². The summed E-state index contributed by atoms with van der Waals surface area (Å²) < 4.78 is 10.6. The van der Waals surface area contributed by atoms with Gasteiger partial charge in [0.05, 0.1) is 0 Å². The van der Waals surface area contributed by atoms with Crippen LogP contribution in [0.5, 0.6) is 0 Å². The van der Waals surface area contributed by atoms with E-state index < -0.39 is 9.28 Å². The number of nitrogens with two attached hydrogens (primary N) is 1. The fourth-order valence-corrected chi connectivity index (χ4v) is 3.15. The van der Waals surface area contributed by atoms with Crippen LogP contribution in [0.15, 0.2) is 0 Å². The van der Waals surface area contributed by atoms with Gasteiger partial charge in [-0.25, -0.2) is 0 Å². The van der Waals surface area contributed by atoms with E-state index in [0.29, 0.717) is 12.2 Å². The molecule has 80 valence electrons. The van der Waals surface area contributed by atoms with Crippen molar-refractivity contribution in [3.63, 3.8) is 0 Å². The summed E-state index contributed by atoms with van der Waals surface area (Å²) in [5.74, 6) is 0. The second kappa shape index (κ2) is 8.65. The Morgan fingerprint density at radius 1 is 1.38 bits per heavy atom. The second-order valence-electron chi connectivity index (χ2n) is 2.98. The van der Waals surface area contributed by atoms with Crippen molar-refractivity contribution in [2.75, 3.05) is 27.3 Å². The molecule has 0 aliphatic carbocycles. The molecule has 0 saturated heterocycles. The van der Waals surface area contributed by atoms with Crippen molar-refractivity contribution < 1.29 is 8.85 Å². The van der Waals surface area contributed by atoms with Crippen molar-refractivity contribution in [2.45, 2.75) is 25.4 Å². The Kier molecular flexibility index (Phi) is 8.68. The molecule has 0 unspecified atom stereocenters. The van der Waals surface area contributed by atoms with Gasteiger partial charge in [0, 0.05) is 33.0 Å². The highest BCUT2D eigenvalue weighted by molar-refractivity contribution is 6.46. The molecule has 5 heteroatoms. The lowest BCUT2D eigenvalue weighted by molar-refractivity contribution is 0.256. The summed E-state index contributed by atoms with van der Waals surface area (Å²) in [6.07, 6.45) is 2.23. The first-order chi connectivity index (χ1) is 6.29. The summed E-state index contributed by atoms with van der Waals surface area (Å²) in [6.45, 7) is 3.66. The van der Waals surface area contributed by atoms with Crippen molar-refractivity contribution >= 4 is 9.28 Å². The molecule has 0 heterocycles. The summed E-state index contributed by atoms with van der Waals surface area (Å²) in [7, 11) is 1.91. The average molecular weight is 206 g/mol. The van der Waals surface area contributed by atoms with Gasteiger partial charge in [0.2, 0.25) is 0 Å². The summed E-state index contributed by atoms with van der Waals surface area (Å²) in [6, 6.07) is 0. The molecule has 1 atom stereocenters. The molecule has 0 aromatic carbocycles. The maximum absolute atomic E-state index is 5.43. The van der Waals surface area contributed by atoms with Gasteiger partial charge in [0.25, 0.3) is 0 Å². The number of rotatable bonds is 8. The van der Waals surface area contributed by atoms with Gasteiger partial charge in [-0.05, 0) is 6.42 Å². The number of nitrogens with one attached hydrogen (secondary N) is 1. The second-order valence-corrected chi connectivity index (χ2v) is 5.46. The first-order valence-electron chi connectivity index (χ1n) is 4.79. The van der Waals surface area contributed by atoms with Crippen LogP contribution < -0.4 is 11.1 Å². The molecule has 0 radical (unpaired) electrons. The van der Waals surface area contributed by atoms with E-state index >= 15 is 0 Å². The lowest BCUT2D eigenvalue weighted by atomic mass is 10.3. The Bertz CT molecular complexity index is 112. The lowest BCUT2D eigenvalue weighted by Crippen LogP contribution is -2.47. The molecule has 4 nitrogen and oxygen atoms in total. The monoisotopic (exact) mass is 206 g/mol. The smallest absolute Gasteiger partial charge is 0.338 e. The van der Waals surface area contributed by atoms with Crippen LogP contribution in [-0.4, -0.2) is 42.3 Å². The first kappa shape index (κ1) is 13.1. The maximum Gasteiger partial charge on any atom is 0.338 e. The van der Waals surface area contributed by atoms with Crippen molar-refractivity contribution in [2.24, 2.45) is 5.73 Å². The molecule has 0 bridgehead atoms. The van der Waals surface area contributed by atoms with Crippen LogP contribution in [-0.2, 0) is 8.85 Å². The van der Waals surface area contributed by atoms with Crippen LogP contribution in [0, 0.1) is 0 Å². The van der Waals surface area contributed by atoms with Gasteiger partial charge in [0.1, 0.15) is 0 Å². The third kappa shape index (κ3) is 5.38. The van der Waals surface area contributed by atoms with E-state index in [-0.39, 0.29) is 0 Å². The standard InChI is InChI=1S/C8H22N2O2Si/c1-4-5-8(10-7-6-9)13(11-2)12-3/h8,10,13H,4-7,9H2,1-3H3/t8-/m1/s1. The largest absolute Gasteiger partial charge is 0.399 e. The van der Waals surface area contributed by atoms with Gasteiger partial charge in [-0.15, -0.1) is 0 Å². The molecular formula is C8H22N2O2Si. The van der Waals surface area contributed by atoms with E-state index in [1.165, 1.54) is 0 Å². The predicted octanol–water partition coefficient (Wildman–Crippen LogP) is -0.244. The topological polar surface area (TPSA) is 56.5 Å². The van der Waals surface area contributed by atoms with Gasteiger partial charge in [0.15, 0.2) is 0 Å². The van der Waals surface area contributed by atoms with Gasteiger partial charge < -0.3 is 19.9 Å². The van der Waals surface area contributed by atoms with Crippen LogP contribution in [0.2, 0.25) is 0 Å². The summed E-state index contributed by atoms with van der Waals surface area (Å²) in [5.41, 5.74) is 5.81.